The summed E-state index contributed by atoms with van der Waals surface area (Å²) in [7, 11) is 1.93. The van der Waals surface area contributed by atoms with E-state index < -0.39 is 0 Å². The van der Waals surface area contributed by atoms with Crippen LogP contribution in [0.5, 0.6) is 0 Å². The topological polar surface area (TPSA) is 55.1 Å². The van der Waals surface area contributed by atoms with Gasteiger partial charge in [-0.2, -0.15) is 0 Å². The molecule has 0 heterocycles. The molecule has 0 aliphatic heterocycles. The van der Waals surface area contributed by atoms with Crippen molar-refractivity contribution in [2.75, 3.05) is 7.05 Å². The van der Waals surface area contributed by atoms with Crippen LogP contribution in [0, 0.1) is 23.7 Å². The molecule has 114 valence electrons. The fraction of sp³-hybridized carbons (Fsp3) is 0.812. The Hall–Kier alpha value is -0.990. The Morgan fingerprint density at radius 1 is 1.00 bits per heavy atom. The number of nitrogens with one attached hydrogen (secondary N) is 1. The fourth-order valence-electron chi connectivity index (χ4n) is 1.92. The summed E-state index contributed by atoms with van der Waals surface area (Å²) in [5.74, 6) is 1.77. The van der Waals surface area contributed by atoms with Gasteiger partial charge in [0.2, 0.25) is 5.91 Å². The minimum atomic E-state index is -0.191. The summed E-state index contributed by atoms with van der Waals surface area (Å²) in [6, 6.07) is 0. The number of carbonyl (C=O) groups is 1. The maximum absolute atomic E-state index is 10.5. The molecule has 0 saturated heterocycles. The highest BCUT2D eigenvalue weighted by atomic mass is 16.1. The van der Waals surface area contributed by atoms with Gasteiger partial charge in [-0.25, -0.2) is 0 Å². The first-order valence-corrected chi connectivity index (χ1v) is 7.27. The Kier molecular flexibility index (Phi) is 11.7. The molecule has 0 rings (SSSR count). The molecule has 2 atom stereocenters. The molecule has 2 unspecified atom stereocenters. The summed E-state index contributed by atoms with van der Waals surface area (Å²) in [5, 5.41) is 3.08. The highest BCUT2D eigenvalue weighted by Gasteiger charge is 2.09. The molecule has 1 amide bonds. The third-order valence-corrected chi connectivity index (χ3v) is 3.05. The summed E-state index contributed by atoms with van der Waals surface area (Å²) in [6.45, 7) is 16.6. The molecule has 0 saturated carbocycles. The van der Waals surface area contributed by atoms with E-state index in [1.807, 2.05) is 14.0 Å². The van der Waals surface area contributed by atoms with E-state index in [4.69, 9.17) is 5.73 Å². The Morgan fingerprint density at radius 2 is 1.37 bits per heavy atom. The van der Waals surface area contributed by atoms with Crippen molar-refractivity contribution in [2.45, 2.75) is 54.4 Å². The first-order valence-electron chi connectivity index (χ1n) is 7.27. The van der Waals surface area contributed by atoms with Gasteiger partial charge in [-0.05, 0) is 30.6 Å². The van der Waals surface area contributed by atoms with E-state index in [2.05, 4.69) is 46.5 Å². The number of nitrogens with two attached hydrogens (primary N) is 1. The largest absolute Gasteiger partial charge is 0.392 e. The molecule has 0 aromatic heterocycles. The van der Waals surface area contributed by atoms with Gasteiger partial charge < -0.3 is 11.1 Å². The van der Waals surface area contributed by atoms with Gasteiger partial charge in [0.1, 0.15) is 0 Å². The van der Waals surface area contributed by atoms with Crippen LogP contribution in [-0.4, -0.2) is 13.0 Å². The van der Waals surface area contributed by atoms with Crippen LogP contribution in [-0.2, 0) is 4.79 Å². The molecule has 0 spiro atoms. The summed E-state index contributed by atoms with van der Waals surface area (Å²) >= 11 is 0. The second kappa shape index (κ2) is 10.9. The molecule has 0 aliphatic carbocycles. The lowest BCUT2D eigenvalue weighted by Crippen LogP contribution is -2.21. The van der Waals surface area contributed by atoms with Gasteiger partial charge in [0.25, 0.3) is 0 Å². The highest BCUT2D eigenvalue weighted by molar-refractivity contribution is 5.76. The number of hydrogen-bond donors (Lipinski definition) is 2. The van der Waals surface area contributed by atoms with Crippen LogP contribution >= 0.6 is 0 Å². The molecule has 3 nitrogen and oxygen atoms in total. The maximum Gasteiger partial charge on any atom is 0.220 e. The lowest BCUT2D eigenvalue weighted by Gasteiger charge is -2.15. The van der Waals surface area contributed by atoms with E-state index in [9.17, 15) is 4.79 Å². The number of hydrogen-bond acceptors (Lipinski definition) is 2. The van der Waals surface area contributed by atoms with E-state index in [0.29, 0.717) is 11.8 Å². The van der Waals surface area contributed by atoms with Crippen molar-refractivity contribution in [1.82, 2.24) is 5.32 Å². The van der Waals surface area contributed by atoms with Crippen molar-refractivity contribution in [3.8, 4) is 0 Å². The van der Waals surface area contributed by atoms with Crippen LogP contribution in [0.3, 0.4) is 0 Å². The first kappa shape index (κ1) is 20.3. The number of carbonyl (C=O) groups excluding carboxylic acids is 1. The van der Waals surface area contributed by atoms with Gasteiger partial charge in [0.05, 0.1) is 0 Å². The summed E-state index contributed by atoms with van der Waals surface area (Å²) in [4.78, 5) is 10.5. The SMILES string of the molecule is C=C(NC)C(C)CC(C)C.CC(C)CC(C)C(N)=O. The van der Waals surface area contributed by atoms with Crippen LogP contribution in [0.1, 0.15) is 54.4 Å². The Bertz CT molecular complexity index is 259. The molecule has 3 N–H and O–H groups in total. The summed E-state index contributed by atoms with van der Waals surface area (Å²) in [6.07, 6.45) is 2.12. The zero-order chi connectivity index (χ0) is 15.6. The smallest absolute Gasteiger partial charge is 0.220 e. The molecular formula is C16H34N2O. The summed E-state index contributed by atoms with van der Waals surface area (Å²) in [5.41, 5.74) is 6.19. The Labute approximate surface area is 120 Å². The van der Waals surface area contributed by atoms with Crippen molar-refractivity contribution in [1.29, 1.82) is 0 Å². The highest BCUT2D eigenvalue weighted by Crippen LogP contribution is 2.15. The average Bonchev–Trinajstić information content (AvgIpc) is 2.26. The minimum absolute atomic E-state index is 0.0324. The standard InChI is InChI=1S/C9H19N.C7H15NO/c1-7(2)6-8(3)9(4)10-5;1-5(2)4-6(3)7(8)9/h7-8,10H,4,6H2,1-3,5H3;5-6H,4H2,1-3H3,(H2,8,9). The van der Waals surface area contributed by atoms with Crippen LogP contribution in [0.25, 0.3) is 0 Å². The van der Waals surface area contributed by atoms with Gasteiger partial charge in [-0.15, -0.1) is 0 Å². The molecule has 0 aromatic carbocycles. The van der Waals surface area contributed by atoms with Crippen LogP contribution < -0.4 is 11.1 Å². The molecule has 0 bridgehead atoms. The van der Waals surface area contributed by atoms with Crippen LogP contribution in [0.4, 0.5) is 0 Å². The number of primary amides is 1. The molecular weight excluding hydrogens is 236 g/mol. The molecule has 19 heavy (non-hydrogen) atoms. The Balaban J connectivity index is 0. The van der Waals surface area contributed by atoms with E-state index in [1.54, 1.807) is 0 Å². The number of allylic oxidation sites excluding steroid dienone is 1. The van der Waals surface area contributed by atoms with Gasteiger partial charge in [-0.1, -0.05) is 48.1 Å². The van der Waals surface area contributed by atoms with Gasteiger partial charge >= 0.3 is 0 Å². The fourth-order valence-corrected chi connectivity index (χ4v) is 1.92. The molecule has 3 heteroatoms. The lowest BCUT2D eigenvalue weighted by molar-refractivity contribution is -0.121. The molecule has 0 aliphatic rings. The average molecular weight is 270 g/mol. The molecule has 0 aromatic rings. The molecule has 0 fully saturated rings. The van der Waals surface area contributed by atoms with Gasteiger partial charge in [0.15, 0.2) is 0 Å². The lowest BCUT2D eigenvalue weighted by atomic mass is 9.97. The van der Waals surface area contributed by atoms with Crippen molar-refractivity contribution < 1.29 is 4.79 Å². The number of rotatable bonds is 7. The van der Waals surface area contributed by atoms with E-state index >= 15 is 0 Å². The number of amides is 1. The first-order chi connectivity index (χ1) is 8.61. The monoisotopic (exact) mass is 270 g/mol. The van der Waals surface area contributed by atoms with Crippen molar-refractivity contribution in [3.05, 3.63) is 12.3 Å². The minimum Gasteiger partial charge on any atom is -0.392 e. The molecule has 0 radical (unpaired) electrons. The van der Waals surface area contributed by atoms with Crippen molar-refractivity contribution in [2.24, 2.45) is 29.4 Å². The van der Waals surface area contributed by atoms with Crippen LogP contribution in [0.2, 0.25) is 0 Å². The normalized spacial score (nSPS) is 13.5. The van der Waals surface area contributed by atoms with E-state index in [0.717, 1.165) is 18.0 Å². The van der Waals surface area contributed by atoms with Crippen LogP contribution in [0.15, 0.2) is 12.3 Å². The summed E-state index contributed by atoms with van der Waals surface area (Å²) < 4.78 is 0. The van der Waals surface area contributed by atoms with Crippen molar-refractivity contribution in [3.63, 3.8) is 0 Å². The van der Waals surface area contributed by atoms with E-state index in [1.165, 1.54) is 6.42 Å². The Morgan fingerprint density at radius 3 is 1.58 bits per heavy atom. The predicted octanol–water partition coefficient (Wildman–Crippen LogP) is 3.56. The van der Waals surface area contributed by atoms with Gasteiger partial charge in [0, 0.05) is 18.7 Å². The second-order valence-corrected chi connectivity index (χ2v) is 6.24. The van der Waals surface area contributed by atoms with Crippen molar-refractivity contribution >= 4 is 5.91 Å². The van der Waals surface area contributed by atoms with Gasteiger partial charge in [-0.3, -0.25) is 4.79 Å². The predicted molar refractivity (Wildman–Crippen MR) is 84.6 cm³/mol. The third-order valence-electron chi connectivity index (χ3n) is 3.05. The quantitative estimate of drug-likeness (QED) is 0.743. The zero-order valence-electron chi connectivity index (χ0n) is 13.9. The third kappa shape index (κ3) is 13.2. The maximum atomic E-state index is 10.5. The zero-order valence-corrected chi connectivity index (χ0v) is 13.9. The second-order valence-electron chi connectivity index (χ2n) is 6.24. The van der Waals surface area contributed by atoms with E-state index in [-0.39, 0.29) is 11.8 Å².